The number of aliphatic hydroxyl groups is 2. The quantitative estimate of drug-likeness (QED) is 0.0321. The van der Waals surface area contributed by atoms with Crippen LogP contribution in [0.15, 0.2) is 24.3 Å². The average molecular weight is 931 g/mol. The number of hydrogen-bond donors (Lipinski definition) is 3. The van der Waals surface area contributed by atoms with E-state index in [4.69, 9.17) is 4.74 Å². The Balaban J connectivity index is 3.50. The Labute approximate surface area is 411 Å². The van der Waals surface area contributed by atoms with Gasteiger partial charge in [-0.3, -0.25) is 9.59 Å². The van der Waals surface area contributed by atoms with E-state index >= 15 is 0 Å². The van der Waals surface area contributed by atoms with Gasteiger partial charge in [-0.2, -0.15) is 0 Å². The standard InChI is InChI=1S/C60H115NO5/c1-3-5-7-9-11-13-15-17-19-20-21-22-23-24-25-26-27-28-30-31-33-36-40-44-48-52-58(63)57(56-62)61-59(64)53-49-45-41-37-35-39-43-47-51-55-66-60(65)54-50-46-42-38-34-32-29-18-16-14-12-10-8-6-4-2/h18,29,48,52,57-58,62-63H,3-17,19-28,30-47,49-51,53-56H2,1-2H3,(H,61,64)/b29-18-,52-48+. The molecule has 0 aliphatic heterocycles. The summed E-state index contributed by atoms with van der Waals surface area (Å²) >= 11 is 0. The number of aliphatic hydroxyl groups excluding tert-OH is 2. The first-order valence-electron chi connectivity index (χ1n) is 29.6. The number of esters is 1. The van der Waals surface area contributed by atoms with Crippen LogP contribution in [0.4, 0.5) is 0 Å². The van der Waals surface area contributed by atoms with Gasteiger partial charge in [0.05, 0.1) is 25.4 Å². The normalized spacial score (nSPS) is 12.7. The van der Waals surface area contributed by atoms with Gasteiger partial charge in [-0.25, -0.2) is 0 Å². The number of carbonyl (C=O) groups is 2. The van der Waals surface area contributed by atoms with E-state index in [1.54, 1.807) is 6.08 Å². The second kappa shape index (κ2) is 55.9. The Bertz CT molecular complexity index is 1030. The topological polar surface area (TPSA) is 95.9 Å². The molecule has 6 nitrogen and oxygen atoms in total. The fraction of sp³-hybridized carbons (Fsp3) is 0.900. The molecule has 1 amide bonds. The van der Waals surface area contributed by atoms with Gasteiger partial charge in [0.1, 0.15) is 0 Å². The summed E-state index contributed by atoms with van der Waals surface area (Å²) in [6, 6.07) is -0.649. The van der Waals surface area contributed by atoms with Crippen molar-refractivity contribution in [3.8, 4) is 0 Å². The zero-order chi connectivity index (χ0) is 47.9. The van der Waals surface area contributed by atoms with Crippen LogP contribution in [0.2, 0.25) is 0 Å². The van der Waals surface area contributed by atoms with Crippen molar-refractivity contribution < 1.29 is 24.5 Å². The summed E-state index contributed by atoms with van der Waals surface area (Å²) in [4.78, 5) is 24.5. The molecule has 0 fully saturated rings. The predicted octanol–water partition coefficient (Wildman–Crippen LogP) is 18.2. The molecule has 0 radical (unpaired) electrons. The highest BCUT2D eigenvalue weighted by Crippen LogP contribution is 2.17. The molecule has 0 bridgehead atoms. The second-order valence-electron chi connectivity index (χ2n) is 20.3. The van der Waals surface area contributed by atoms with Gasteiger partial charge >= 0.3 is 5.97 Å². The lowest BCUT2D eigenvalue weighted by Gasteiger charge is -2.20. The molecule has 0 aromatic heterocycles. The molecule has 2 unspecified atom stereocenters. The maximum atomic E-state index is 12.5. The third-order valence-corrected chi connectivity index (χ3v) is 13.7. The minimum atomic E-state index is -0.863. The number of amides is 1. The zero-order valence-corrected chi connectivity index (χ0v) is 44.4. The second-order valence-corrected chi connectivity index (χ2v) is 20.3. The SMILES string of the molecule is CCCCCCCC/C=C\CCCCCCCC(=O)OCCCCCCCCCCCC(=O)NC(CO)C(O)/C=C/CCCCCCCCCCCCCCCCCCCCCCCCC. The highest BCUT2D eigenvalue weighted by Gasteiger charge is 2.18. The van der Waals surface area contributed by atoms with E-state index in [1.807, 2.05) is 6.08 Å². The number of carbonyl (C=O) groups excluding carboxylic acids is 2. The van der Waals surface area contributed by atoms with Crippen molar-refractivity contribution in [3.63, 3.8) is 0 Å². The molecule has 390 valence electrons. The maximum Gasteiger partial charge on any atom is 0.305 e. The minimum absolute atomic E-state index is 0.0343. The maximum absolute atomic E-state index is 12.5. The summed E-state index contributed by atoms with van der Waals surface area (Å²) in [5, 5.41) is 23.2. The monoisotopic (exact) mass is 930 g/mol. The molecule has 0 heterocycles. The van der Waals surface area contributed by atoms with Gasteiger partial charge in [0.25, 0.3) is 0 Å². The molecule has 0 rings (SSSR count). The van der Waals surface area contributed by atoms with Crippen LogP contribution >= 0.6 is 0 Å². The summed E-state index contributed by atoms with van der Waals surface area (Å²) in [7, 11) is 0. The van der Waals surface area contributed by atoms with Crippen molar-refractivity contribution in [1.82, 2.24) is 5.32 Å². The van der Waals surface area contributed by atoms with Gasteiger partial charge in [0.2, 0.25) is 5.91 Å². The van der Waals surface area contributed by atoms with Crippen LogP contribution in [0.3, 0.4) is 0 Å². The van der Waals surface area contributed by atoms with Crippen molar-refractivity contribution in [2.24, 2.45) is 0 Å². The van der Waals surface area contributed by atoms with E-state index in [9.17, 15) is 19.8 Å². The van der Waals surface area contributed by atoms with Gasteiger partial charge in [0.15, 0.2) is 0 Å². The van der Waals surface area contributed by atoms with Gasteiger partial charge < -0.3 is 20.3 Å². The lowest BCUT2D eigenvalue weighted by molar-refractivity contribution is -0.143. The Morgan fingerprint density at radius 2 is 0.712 bits per heavy atom. The highest BCUT2D eigenvalue weighted by atomic mass is 16.5. The highest BCUT2D eigenvalue weighted by molar-refractivity contribution is 5.76. The molecule has 0 aliphatic carbocycles. The number of nitrogens with one attached hydrogen (secondary N) is 1. The molecule has 0 aromatic rings. The molecule has 0 saturated heterocycles. The molecular formula is C60H115NO5. The van der Waals surface area contributed by atoms with Crippen LogP contribution in [0.1, 0.15) is 322 Å². The lowest BCUT2D eigenvalue weighted by Crippen LogP contribution is -2.45. The zero-order valence-electron chi connectivity index (χ0n) is 44.4. The molecule has 2 atom stereocenters. The number of rotatable bonds is 55. The molecule has 0 aliphatic rings. The van der Waals surface area contributed by atoms with Gasteiger partial charge in [-0.1, -0.05) is 276 Å². The summed E-state index contributed by atoms with van der Waals surface area (Å²) in [5.41, 5.74) is 0. The Morgan fingerprint density at radius 3 is 1.08 bits per heavy atom. The Kier molecular flexibility index (Phi) is 54.5. The molecule has 3 N–H and O–H groups in total. The first kappa shape index (κ1) is 64.3. The van der Waals surface area contributed by atoms with Crippen molar-refractivity contribution in [2.75, 3.05) is 13.2 Å². The molecule has 0 saturated carbocycles. The fourth-order valence-electron chi connectivity index (χ4n) is 9.16. The van der Waals surface area contributed by atoms with E-state index in [0.717, 1.165) is 57.8 Å². The van der Waals surface area contributed by atoms with Crippen LogP contribution in [0, 0.1) is 0 Å². The van der Waals surface area contributed by atoms with Gasteiger partial charge in [-0.15, -0.1) is 0 Å². The summed E-state index contributed by atoms with van der Waals surface area (Å²) < 4.78 is 5.45. The minimum Gasteiger partial charge on any atom is -0.466 e. The molecule has 0 aromatic carbocycles. The molecular weight excluding hydrogens is 815 g/mol. The first-order chi connectivity index (χ1) is 32.5. The molecule has 6 heteroatoms. The van der Waals surface area contributed by atoms with Crippen molar-refractivity contribution in [3.05, 3.63) is 24.3 Å². The van der Waals surface area contributed by atoms with Crippen LogP contribution in [-0.2, 0) is 14.3 Å². The van der Waals surface area contributed by atoms with Crippen LogP contribution < -0.4 is 5.32 Å². The van der Waals surface area contributed by atoms with Crippen molar-refractivity contribution in [1.29, 1.82) is 0 Å². The van der Waals surface area contributed by atoms with E-state index in [1.165, 1.54) is 238 Å². The number of unbranched alkanes of at least 4 members (excludes halogenated alkanes) is 42. The van der Waals surface area contributed by atoms with Gasteiger partial charge in [0, 0.05) is 12.8 Å². The number of hydrogen-bond acceptors (Lipinski definition) is 5. The van der Waals surface area contributed by atoms with Crippen LogP contribution in [0.5, 0.6) is 0 Å². The van der Waals surface area contributed by atoms with Crippen LogP contribution in [-0.4, -0.2) is 47.4 Å². The Morgan fingerprint density at radius 1 is 0.409 bits per heavy atom. The van der Waals surface area contributed by atoms with Gasteiger partial charge in [-0.05, 0) is 57.8 Å². The third kappa shape index (κ3) is 51.7. The van der Waals surface area contributed by atoms with Crippen LogP contribution in [0.25, 0.3) is 0 Å². The van der Waals surface area contributed by atoms with Crippen molar-refractivity contribution in [2.45, 2.75) is 334 Å². The largest absolute Gasteiger partial charge is 0.466 e. The molecule has 0 spiro atoms. The fourth-order valence-corrected chi connectivity index (χ4v) is 9.16. The summed E-state index contributed by atoms with van der Waals surface area (Å²) in [5.74, 6) is -0.127. The van der Waals surface area contributed by atoms with Crippen molar-refractivity contribution >= 4 is 11.9 Å². The number of allylic oxidation sites excluding steroid dienone is 3. The summed E-state index contributed by atoms with van der Waals surface area (Å²) in [6.07, 6.45) is 67.8. The van der Waals surface area contributed by atoms with E-state index in [2.05, 4.69) is 31.3 Å². The smallest absolute Gasteiger partial charge is 0.305 e. The van der Waals surface area contributed by atoms with E-state index < -0.39 is 12.1 Å². The molecule has 66 heavy (non-hydrogen) atoms. The van der Waals surface area contributed by atoms with E-state index in [0.29, 0.717) is 19.4 Å². The average Bonchev–Trinajstić information content (AvgIpc) is 3.32. The lowest BCUT2D eigenvalue weighted by atomic mass is 10.0. The Hall–Kier alpha value is -1.66. The summed E-state index contributed by atoms with van der Waals surface area (Å²) in [6.45, 7) is 4.85. The predicted molar refractivity (Wildman–Crippen MR) is 287 cm³/mol. The number of ether oxygens (including phenoxy) is 1. The first-order valence-corrected chi connectivity index (χ1v) is 29.6. The van der Waals surface area contributed by atoms with E-state index in [-0.39, 0.29) is 18.5 Å². The third-order valence-electron chi connectivity index (χ3n) is 13.7.